The first-order chi connectivity index (χ1) is 12.2. The van der Waals surface area contributed by atoms with Gasteiger partial charge in [0.1, 0.15) is 10.1 Å². The van der Waals surface area contributed by atoms with Crippen LogP contribution in [0.15, 0.2) is 68.4 Å². The number of rotatable bonds is 2. The molecule has 0 atom stereocenters. The van der Waals surface area contributed by atoms with E-state index in [2.05, 4.69) is 96.9 Å². The summed E-state index contributed by atoms with van der Waals surface area (Å²) in [6.07, 6.45) is 0. The quantitative estimate of drug-likeness (QED) is 0.487. The molecule has 2 aromatic carbocycles. The van der Waals surface area contributed by atoms with Gasteiger partial charge in [-0.25, -0.2) is 0 Å². The molecule has 2 aliphatic rings. The molecule has 0 aliphatic carbocycles. The Morgan fingerprint density at radius 1 is 0.577 bits per heavy atom. The third-order valence-electron chi connectivity index (χ3n) is 4.56. The molecule has 0 radical (unpaired) electrons. The normalized spacial score (nSPS) is 19.8. The molecular weight excluding hydrogens is 389 g/mol. The van der Waals surface area contributed by atoms with Crippen LogP contribution in [0.2, 0.25) is 39.3 Å². The fraction of sp³-hybridized carbons (Fsp3) is 0.300. The van der Waals surface area contributed by atoms with E-state index in [1.807, 2.05) is 23.5 Å². The van der Waals surface area contributed by atoms with Crippen LogP contribution >= 0.6 is 23.5 Å². The first kappa shape index (κ1) is 18.3. The van der Waals surface area contributed by atoms with Crippen molar-refractivity contribution >= 4 is 51.4 Å². The molecule has 136 valence electrons. The molecule has 0 fully saturated rings. The van der Waals surface area contributed by atoms with Gasteiger partial charge in [-0.2, -0.15) is 0 Å². The molecule has 0 aromatic heterocycles. The Morgan fingerprint density at radius 2 is 0.923 bits per heavy atom. The molecule has 0 bridgehead atoms. The summed E-state index contributed by atoms with van der Waals surface area (Å²) in [4.78, 5) is 2.79. The second-order valence-electron chi connectivity index (χ2n) is 8.76. The standard InChI is InChI=1S/C20H26N2S2Si2/c1-25(2,3)21-15-11-7-9-13-17(15)23-19(21)20-22(26(4,5)6)16-12-8-10-14-18(16)24-20/h7-14H,1-6H3/b20-19+. The van der Waals surface area contributed by atoms with E-state index in [0.717, 1.165) is 0 Å². The first-order valence-electron chi connectivity index (χ1n) is 9.06. The highest BCUT2D eigenvalue weighted by Gasteiger charge is 2.42. The van der Waals surface area contributed by atoms with E-state index in [1.165, 1.54) is 31.2 Å². The third-order valence-corrected chi connectivity index (χ3v) is 10.9. The highest BCUT2D eigenvalue weighted by atomic mass is 32.2. The topological polar surface area (TPSA) is 6.48 Å². The minimum absolute atomic E-state index is 1.39. The van der Waals surface area contributed by atoms with Crippen LogP contribution in [0.3, 0.4) is 0 Å². The zero-order chi connectivity index (χ0) is 18.7. The molecule has 0 spiro atoms. The van der Waals surface area contributed by atoms with Crippen LogP contribution in [-0.4, -0.2) is 16.5 Å². The van der Waals surface area contributed by atoms with Crippen LogP contribution in [0.1, 0.15) is 0 Å². The lowest BCUT2D eigenvalue weighted by Crippen LogP contribution is -2.47. The highest BCUT2D eigenvalue weighted by molar-refractivity contribution is 8.07. The average molecular weight is 415 g/mol. The second kappa shape index (κ2) is 6.22. The predicted molar refractivity (Wildman–Crippen MR) is 123 cm³/mol. The molecule has 26 heavy (non-hydrogen) atoms. The molecule has 0 unspecified atom stereocenters. The van der Waals surface area contributed by atoms with Gasteiger partial charge in [0.25, 0.3) is 0 Å². The Balaban J connectivity index is 1.93. The van der Waals surface area contributed by atoms with Gasteiger partial charge in [-0.1, -0.05) is 87.1 Å². The molecule has 0 amide bonds. The highest BCUT2D eigenvalue weighted by Crippen LogP contribution is 2.57. The number of fused-ring (bicyclic) bond motifs is 2. The Labute approximate surface area is 167 Å². The van der Waals surface area contributed by atoms with Gasteiger partial charge in [-0.05, 0) is 24.3 Å². The number of hydrogen-bond acceptors (Lipinski definition) is 4. The fourth-order valence-corrected chi connectivity index (χ4v) is 11.3. The largest absolute Gasteiger partial charge is 0.361 e. The van der Waals surface area contributed by atoms with Crippen molar-refractivity contribution in [3.8, 4) is 0 Å². The molecule has 0 saturated carbocycles. The van der Waals surface area contributed by atoms with Gasteiger partial charge in [0.05, 0.1) is 0 Å². The maximum Gasteiger partial charge on any atom is 0.154 e. The van der Waals surface area contributed by atoms with Gasteiger partial charge in [-0.15, -0.1) is 0 Å². The first-order valence-corrected chi connectivity index (χ1v) is 17.6. The molecule has 2 aliphatic heterocycles. The van der Waals surface area contributed by atoms with Crippen LogP contribution in [0.5, 0.6) is 0 Å². The van der Waals surface area contributed by atoms with E-state index in [0.29, 0.717) is 0 Å². The minimum Gasteiger partial charge on any atom is -0.361 e. The van der Waals surface area contributed by atoms with E-state index < -0.39 is 16.5 Å². The Kier molecular flexibility index (Phi) is 4.38. The van der Waals surface area contributed by atoms with Gasteiger partial charge in [0, 0.05) is 21.2 Å². The number of hydrogen-bond donors (Lipinski definition) is 0. The lowest BCUT2D eigenvalue weighted by molar-refractivity contribution is 1.22. The van der Waals surface area contributed by atoms with Crippen molar-refractivity contribution in [2.75, 3.05) is 9.13 Å². The summed E-state index contributed by atoms with van der Waals surface area (Å²) in [5.41, 5.74) is 2.79. The van der Waals surface area contributed by atoms with E-state index in [1.54, 1.807) is 0 Å². The van der Waals surface area contributed by atoms with Gasteiger partial charge in [0.15, 0.2) is 16.5 Å². The van der Waals surface area contributed by atoms with Crippen molar-refractivity contribution in [2.45, 2.75) is 49.1 Å². The summed E-state index contributed by atoms with van der Waals surface area (Å²) >= 11 is 3.92. The van der Waals surface area contributed by atoms with E-state index >= 15 is 0 Å². The number of para-hydroxylation sites is 2. The van der Waals surface area contributed by atoms with Gasteiger partial charge < -0.3 is 9.13 Å². The number of anilines is 2. The Hall–Kier alpha value is -1.09. The van der Waals surface area contributed by atoms with Crippen molar-refractivity contribution < 1.29 is 0 Å². The van der Waals surface area contributed by atoms with E-state index in [9.17, 15) is 0 Å². The average Bonchev–Trinajstić information content (AvgIpc) is 3.12. The smallest absolute Gasteiger partial charge is 0.154 e. The summed E-state index contributed by atoms with van der Waals surface area (Å²) in [5, 5.41) is 2.88. The van der Waals surface area contributed by atoms with Crippen molar-refractivity contribution in [3.05, 3.63) is 58.6 Å². The van der Waals surface area contributed by atoms with Crippen LogP contribution in [0.25, 0.3) is 0 Å². The zero-order valence-corrected chi connectivity index (χ0v) is 20.0. The maximum atomic E-state index is 2.67. The lowest BCUT2D eigenvalue weighted by atomic mass is 10.3. The second-order valence-corrected chi connectivity index (χ2v) is 20.4. The number of benzene rings is 2. The number of thioether (sulfide) groups is 2. The van der Waals surface area contributed by atoms with Gasteiger partial charge in [0.2, 0.25) is 0 Å². The molecule has 6 heteroatoms. The summed E-state index contributed by atoms with van der Waals surface area (Å²) < 4.78 is 5.35. The monoisotopic (exact) mass is 414 g/mol. The van der Waals surface area contributed by atoms with Crippen molar-refractivity contribution in [1.29, 1.82) is 0 Å². The third kappa shape index (κ3) is 2.97. The summed E-state index contributed by atoms with van der Waals surface area (Å²) in [7, 11) is -3.14. The molecular formula is C20H26N2S2Si2. The number of nitrogens with zero attached hydrogens (tertiary/aromatic N) is 2. The molecule has 0 saturated heterocycles. The predicted octanol–water partition coefficient (Wildman–Crippen LogP) is 7.01. The Bertz CT molecular complexity index is 824. The van der Waals surface area contributed by atoms with Crippen molar-refractivity contribution in [3.63, 3.8) is 0 Å². The molecule has 2 heterocycles. The SMILES string of the molecule is C[Si](C)(C)N1/C(=C2\Sc3ccccc3N2[Si](C)(C)C)Sc2ccccc21. The van der Waals surface area contributed by atoms with Crippen LogP contribution < -0.4 is 9.13 Å². The lowest BCUT2D eigenvalue weighted by Gasteiger charge is -2.38. The van der Waals surface area contributed by atoms with Gasteiger partial charge in [-0.3, -0.25) is 0 Å². The fourth-order valence-electron chi connectivity index (χ4n) is 3.59. The molecule has 2 aromatic rings. The molecule has 2 nitrogen and oxygen atoms in total. The Morgan fingerprint density at radius 3 is 1.27 bits per heavy atom. The van der Waals surface area contributed by atoms with Crippen LogP contribution in [0.4, 0.5) is 11.4 Å². The van der Waals surface area contributed by atoms with E-state index in [-0.39, 0.29) is 0 Å². The zero-order valence-electron chi connectivity index (χ0n) is 16.3. The summed E-state index contributed by atoms with van der Waals surface area (Å²) in [6, 6.07) is 17.8. The molecule has 4 rings (SSSR count). The minimum atomic E-state index is -1.57. The maximum absolute atomic E-state index is 2.67. The summed E-state index contributed by atoms with van der Waals surface area (Å²) in [5.74, 6) is 0. The van der Waals surface area contributed by atoms with Crippen LogP contribution in [0, 0.1) is 0 Å². The molecule has 0 N–H and O–H groups in total. The van der Waals surface area contributed by atoms with Crippen molar-refractivity contribution in [2.24, 2.45) is 0 Å². The van der Waals surface area contributed by atoms with Gasteiger partial charge >= 0.3 is 0 Å². The van der Waals surface area contributed by atoms with Crippen molar-refractivity contribution in [1.82, 2.24) is 0 Å². The van der Waals surface area contributed by atoms with Crippen LogP contribution in [-0.2, 0) is 0 Å². The summed E-state index contributed by atoms with van der Waals surface area (Å²) in [6.45, 7) is 14.7. The van der Waals surface area contributed by atoms with E-state index in [4.69, 9.17) is 0 Å².